The molecule has 0 spiro atoms. The summed E-state index contributed by atoms with van der Waals surface area (Å²) in [6.07, 6.45) is 1.74. The summed E-state index contributed by atoms with van der Waals surface area (Å²) < 4.78 is 32.3. The molecule has 0 unspecified atom stereocenters. The molecule has 1 saturated heterocycles. The van der Waals surface area contributed by atoms with E-state index < -0.39 is 10.0 Å². The number of nitrogens with zero attached hydrogens (tertiary/aromatic N) is 1. The van der Waals surface area contributed by atoms with Crippen LogP contribution < -0.4 is 10.1 Å². The monoisotopic (exact) mass is 416 g/mol. The molecule has 29 heavy (non-hydrogen) atoms. The van der Waals surface area contributed by atoms with Gasteiger partial charge < -0.3 is 10.1 Å². The van der Waals surface area contributed by atoms with Crippen molar-refractivity contribution in [2.75, 3.05) is 20.2 Å². The minimum absolute atomic E-state index is 0.156. The average Bonchev–Trinajstić information content (AvgIpc) is 3.27. The van der Waals surface area contributed by atoms with E-state index in [4.69, 9.17) is 4.74 Å². The molecule has 2 aromatic carbocycles. The number of rotatable bonds is 7. The minimum Gasteiger partial charge on any atom is -0.497 e. The van der Waals surface area contributed by atoms with E-state index in [0.29, 0.717) is 18.7 Å². The fourth-order valence-electron chi connectivity index (χ4n) is 3.55. The first-order valence-electron chi connectivity index (χ1n) is 9.88. The van der Waals surface area contributed by atoms with Crippen molar-refractivity contribution in [2.24, 2.45) is 5.92 Å². The number of ether oxygens (including phenoxy) is 1. The van der Waals surface area contributed by atoms with Gasteiger partial charge in [0, 0.05) is 18.7 Å². The van der Waals surface area contributed by atoms with E-state index in [0.717, 1.165) is 24.2 Å². The van der Waals surface area contributed by atoms with Crippen molar-refractivity contribution in [2.45, 2.75) is 37.6 Å². The lowest BCUT2D eigenvalue weighted by molar-refractivity contribution is 0.0925. The van der Waals surface area contributed by atoms with Gasteiger partial charge in [0.1, 0.15) is 5.75 Å². The Morgan fingerprint density at radius 1 is 1.07 bits per heavy atom. The van der Waals surface area contributed by atoms with Crippen LogP contribution in [-0.2, 0) is 10.0 Å². The third-order valence-electron chi connectivity index (χ3n) is 5.23. The SMILES string of the molecule is COc1ccc([C@H](NC(=O)c2cccc(S(=O)(=O)N3CCCC3)c2)C(C)C)cc1. The molecule has 1 aliphatic heterocycles. The van der Waals surface area contributed by atoms with Gasteiger partial charge in [0.05, 0.1) is 18.0 Å². The summed E-state index contributed by atoms with van der Waals surface area (Å²) in [6, 6.07) is 13.7. The topological polar surface area (TPSA) is 75.7 Å². The molecule has 7 heteroatoms. The number of sulfonamides is 1. The van der Waals surface area contributed by atoms with Gasteiger partial charge in [0.2, 0.25) is 10.0 Å². The van der Waals surface area contributed by atoms with Gasteiger partial charge in [-0.15, -0.1) is 0 Å². The first-order valence-corrected chi connectivity index (χ1v) is 11.3. The second-order valence-electron chi connectivity index (χ2n) is 7.61. The van der Waals surface area contributed by atoms with Crippen molar-refractivity contribution in [3.05, 3.63) is 59.7 Å². The Hall–Kier alpha value is -2.38. The van der Waals surface area contributed by atoms with E-state index >= 15 is 0 Å². The summed E-state index contributed by atoms with van der Waals surface area (Å²) in [5.41, 5.74) is 1.31. The molecule has 0 radical (unpaired) electrons. The van der Waals surface area contributed by atoms with Crippen LogP contribution in [0, 0.1) is 5.92 Å². The molecule has 156 valence electrons. The summed E-state index contributed by atoms with van der Waals surface area (Å²) in [5, 5.41) is 3.05. The molecule has 0 aromatic heterocycles. The summed E-state index contributed by atoms with van der Waals surface area (Å²) in [4.78, 5) is 13.1. The summed E-state index contributed by atoms with van der Waals surface area (Å²) in [7, 11) is -1.95. The Balaban J connectivity index is 1.81. The van der Waals surface area contributed by atoms with Gasteiger partial charge in [-0.25, -0.2) is 8.42 Å². The zero-order valence-electron chi connectivity index (χ0n) is 17.1. The first-order chi connectivity index (χ1) is 13.8. The molecular formula is C22H28N2O4S. The van der Waals surface area contributed by atoms with Crippen LogP contribution in [0.15, 0.2) is 53.4 Å². The van der Waals surface area contributed by atoms with Crippen molar-refractivity contribution in [3.8, 4) is 5.75 Å². The summed E-state index contributed by atoms with van der Waals surface area (Å²) >= 11 is 0. The molecule has 1 aliphatic rings. The highest BCUT2D eigenvalue weighted by Gasteiger charge is 2.28. The Morgan fingerprint density at radius 3 is 2.31 bits per heavy atom. The van der Waals surface area contributed by atoms with Crippen molar-refractivity contribution in [1.82, 2.24) is 9.62 Å². The van der Waals surface area contributed by atoms with Crippen LogP contribution in [0.2, 0.25) is 0 Å². The predicted molar refractivity (Wildman–Crippen MR) is 112 cm³/mol. The zero-order chi connectivity index (χ0) is 21.0. The fraction of sp³-hybridized carbons (Fsp3) is 0.409. The van der Waals surface area contributed by atoms with Crippen molar-refractivity contribution < 1.29 is 17.9 Å². The summed E-state index contributed by atoms with van der Waals surface area (Å²) in [5.74, 6) is 0.615. The van der Waals surface area contributed by atoms with E-state index in [1.807, 2.05) is 38.1 Å². The Bertz CT molecular complexity index is 949. The van der Waals surface area contributed by atoms with E-state index in [9.17, 15) is 13.2 Å². The predicted octanol–water partition coefficient (Wildman–Crippen LogP) is 3.61. The number of benzene rings is 2. The van der Waals surface area contributed by atoms with Gasteiger partial charge in [-0.2, -0.15) is 4.31 Å². The first kappa shape index (κ1) is 21.3. The van der Waals surface area contributed by atoms with Crippen LogP contribution in [0.3, 0.4) is 0 Å². The van der Waals surface area contributed by atoms with Crippen LogP contribution in [0.4, 0.5) is 0 Å². The number of hydrogen-bond donors (Lipinski definition) is 1. The normalized spacial score (nSPS) is 16.0. The lowest BCUT2D eigenvalue weighted by Gasteiger charge is -2.23. The average molecular weight is 417 g/mol. The van der Waals surface area contributed by atoms with E-state index in [1.54, 1.807) is 25.3 Å². The maximum atomic E-state index is 12.9. The second kappa shape index (κ2) is 8.97. The Kier molecular flexibility index (Phi) is 6.59. The minimum atomic E-state index is -3.56. The van der Waals surface area contributed by atoms with E-state index in [1.165, 1.54) is 10.4 Å². The van der Waals surface area contributed by atoms with Gasteiger partial charge in [0.15, 0.2) is 0 Å². The van der Waals surface area contributed by atoms with Gasteiger partial charge in [-0.3, -0.25) is 4.79 Å². The number of nitrogens with one attached hydrogen (secondary N) is 1. The fourth-order valence-corrected chi connectivity index (χ4v) is 5.11. The van der Waals surface area contributed by atoms with Crippen molar-refractivity contribution in [1.29, 1.82) is 0 Å². The number of carbonyl (C=O) groups excluding carboxylic acids is 1. The maximum absolute atomic E-state index is 12.9. The zero-order valence-corrected chi connectivity index (χ0v) is 17.9. The Labute approximate surface area is 172 Å². The van der Waals surface area contributed by atoms with Crippen molar-refractivity contribution in [3.63, 3.8) is 0 Å². The maximum Gasteiger partial charge on any atom is 0.251 e. The number of methoxy groups -OCH3 is 1. The van der Waals surface area contributed by atoms with Crippen LogP contribution >= 0.6 is 0 Å². The second-order valence-corrected chi connectivity index (χ2v) is 9.55. The Morgan fingerprint density at radius 2 is 1.72 bits per heavy atom. The largest absolute Gasteiger partial charge is 0.497 e. The molecule has 1 fully saturated rings. The van der Waals surface area contributed by atoms with Gasteiger partial charge in [-0.1, -0.05) is 32.0 Å². The molecule has 0 aliphatic carbocycles. The van der Waals surface area contributed by atoms with Crippen LogP contribution in [0.25, 0.3) is 0 Å². The quantitative estimate of drug-likeness (QED) is 0.748. The van der Waals surface area contributed by atoms with E-state index in [2.05, 4.69) is 5.32 Å². The molecule has 6 nitrogen and oxygen atoms in total. The van der Waals surface area contributed by atoms with E-state index in [-0.39, 0.29) is 22.8 Å². The van der Waals surface area contributed by atoms with Gasteiger partial charge >= 0.3 is 0 Å². The molecule has 1 N–H and O–H groups in total. The number of hydrogen-bond acceptors (Lipinski definition) is 4. The smallest absolute Gasteiger partial charge is 0.251 e. The molecule has 1 amide bonds. The highest BCUT2D eigenvalue weighted by atomic mass is 32.2. The van der Waals surface area contributed by atoms with Crippen LogP contribution in [0.5, 0.6) is 5.75 Å². The molecule has 3 rings (SSSR count). The number of amides is 1. The van der Waals surface area contributed by atoms with Crippen molar-refractivity contribution >= 4 is 15.9 Å². The lowest BCUT2D eigenvalue weighted by Crippen LogP contribution is -2.32. The standard InChI is InChI=1S/C22H28N2O4S/c1-16(2)21(17-9-11-19(28-3)12-10-17)23-22(25)18-7-6-8-20(15-18)29(26,27)24-13-4-5-14-24/h6-12,15-16,21H,4-5,13-14H2,1-3H3,(H,23,25)/t21-/m1/s1. The third kappa shape index (κ3) is 4.79. The highest BCUT2D eigenvalue weighted by molar-refractivity contribution is 7.89. The van der Waals surface area contributed by atoms with Gasteiger partial charge in [0.25, 0.3) is 5.91 Å². The lowest BCUT2D eigenvalue weighted by atomic mass is 9.95. The highest BCUT2D eigenvalue weighted by Crippen LogP contribution is 2.25. The number of carbonyl (C=O) groups is 1. The molecule has 0 saturated carbocycles. The summed E-state index contributed by atoms with van der Waals surface area (Å²) in [6.45, 7) is 5.13. The molecule has 0 bridgehead atoms. The van der Waals surface area contributed by atoms with Crippen LogP contribution in [-0.4, -0.2) is 38.8 Å². The third-order valence-corrected chi connectivity index (χ3v) is 7.12. The van der Waals surface area contributed by atoms with Crippen LogP contribution in [0.1, 0.15) is 48.7 Å². The molecule has 1 heterocycles. The molecule has 2 aromatic rings. The van der Waals surface area contributed by atoms with Gasteiger partial charge in [-0.05, 0) is 54.7 Å². The molecular weight excluding hydrogens is 388 g/mol. The molecule has 1 atom stereocenters.